The smallest absolute Gasteiger partial charge is 0.257 e. The van der Waals surface area contributed by atoms with E-state index in [1.54, 1.807) is 42.7 Å². The molecule has 1 aliphatic rings. The number of nitrogens with one attached hydrogen (secondary N) is 1. The third-order valence-corrected chi connectivity index (χ3v) is 7.70. The number of hydrogen-bond acceptors (Lipinski definition) is 7. The van der Waals surface area contributed by atoms with Crippen molar-refractivity contribution in [3.63, 3.8) is 0 Å². The van der Waals surface area contributed by atoms with Crippen LogP contribution in [0.3, 0.4) is 0 Å². The molecule has 43 heavy (non-hydrogen) atoms. The Bertz CT molecular complexity index is 1550. The van der Waals surface area contributed by atoms with Crippen molar-refractivity contribution < 1.29 is 41.3 Å². The minimum absolute atomic E-state index is 0.0811. The second kappa shape index (κ2) is 13.6. The number of benzene rings is 3. The van der Waals surface area contributed by atoms with Gasteiger partial charge in [0.1, 0.15) is 5.56 Å². The lowest BCUT2D eigenvalue weighted by Gasteiger charge is -2.36. The van der Waals surface area contributed by atoms with E-state index in [9.17, 15) is 31.9 Å². The predicted molar refractivity (Wildman–Crippen MR) is 145 cm³/mol. The highest BCUT2D eigenvalue weighted by Crippen LogP contribution is 2.39. The van der Waals surface area contributed by atoms with Crippen LogP contribution in [-0.4, -0.2) is 32.8 Å². The quantitative estimate of drug-likeness (QED) is 0.0791. The Kier molecular flexibility index (Phi) is 9.65. The Balaban J connectivity index is 1.28. The zero-order chi connectivity index (χ0) is 30.5. The summed E-state index contributed by atoms with van der Waals surface area (Å²) in [5.41, 5.74) is 1.26. The lowest BCUT2D eigenvalue weighted by molar-refractivity contribution is -0.245. The topological polar surface area (TPSA) is 93.6 Å². The van der Waals surface area contributed by atoms with Crippen molar-refractivity contribution in [1.29, 1.82) is 0 Å². The molecular weight excluding hydrogens is 593 g/mol. The molecule has 1 saturated heterocycles. The summed E-state index contributed by atoms with van der Waals surface area (Å²) in [5.74, 6) is -12.0. The summed E-state index contributed by atoms with van der Waals surface area (Å²) < 4.78 is 80.8. The Morgan fingerprint density at radius 1 is 0.837 bits per heavy atom. The van der Waals surface area contributed by atoms with Crippen LogP contribution in [0.4, 0.5) is 22.0 Å². The molecule has 224 valence electrons. The first-order chi connectivity index (χ1) is 20.7. The Hall–Kier alpha value is -3.91. The van der Waals surface area contributed by atoms with E-state index in [-0.39, 0.29) is 25.4 Å². The van der Waals surface area contributed by atoms with E-state index in [1.165, 1.54) is 11.8 Å². The number of nitrogens with zero attached hydrogens (tertiary/aromatic N) is 2. The highest BCUT2D eigenvalue weighted by Gasteiger charge is 2.33. The second-order valence-corrected chi connectivity index (χ2v) is 10.5. The summed E-state index contributed by atoms with van der Waals surface area (Å²) >= 11 is 1.44. The average Bonchev–Trinajstić information content (AvgIpc) is 3.05. The molecule has 3 atom stereocenters. The van der Waals surface area contributed by atoms with Gasteiger partial charge in [-0.3, -0.25) is 4.79 Å². The Morgan fingerprint density at radius 3 is 2.05 bits per heavy atom. The molecule has 0 saturated carbocycles. The number of aromatic nitrogens is 2. The van der Waals surface area contributed by atoms with Gasteiger partial charge in [0.2, 0.25) is 5.82 Å². The van der Waals surface area contributed by atoms with Gasteiger partial charge < -0.3 is 19.9 Å². The van der Waals surface area contributed by atoms with Gasteiger partial charge in [-0.15, -0.1) is 0 Å². The van der Waals surface area contributed by atoms with E-state index in [0.29, 0.717) is 28.5 Å². The molecule has 1 amide bonds. The molecule has 2 N–H and O–H groups in total. The van der Waals surface area contributed by atoms with E-state index >= 15 is 0 Å². The Labute approximate surface area is 247 Å². The lowest BCUT2D eigenvalue weighted by atomic mass is 10.0. The van der Waals surface area contributed by atoms with Crippen LogP contribution in [-0.2, 0) is 22.6 Å². The molecule has 7 nitrogen and oxygen atoms in total. The molecule has 5 rings (SSSR count). The minimum Gasteiger partial charge on any atom is -0.392 e. The number of aliphatic hydroxyl groups excluding tert-OH is 1. The molecule has 4 aromatic rings. The lowest BCUT2D eigenvalue weighted by Crippen LogP contribution is -2.31. The van der Waals surface area contributed by atoms with E-state index < -0.39 is 46.8 Å². The third kappa shape index (κ3) is 7.02. The van der Waals surface area contributed by atoms with E-state index in [4.69, 9.17) is 9.47 Å². The standard InChI is InChI=1S/C30H24F5N3O4S/c31-23-22(24(32)26(34)27(35)25(23)33)28(40)38-13-16-2-8-19(9-3-16)29-41-20(15-43-30-36-10-1-11-37-30)12-21(42-29)18-6-4-17(14-39)5-7-18/h1-11,20-21,29,39H,12-15H2,(H,38,40)/t20-,21+,29+/m0/s1. The zero-order valence-corrected chi connectivity index (χ0v) is 23.1. The molecule has 1 fully saturated rings. The van der Waals surface area contributed by atoms with Crippen molar-refractivity contribution in [1.82, 2.24) is 15.3 Å². The van der Waals surface area contributed by atoms with Gasteiger partial charge in [0.05, 0.1) is 18.8 Å². The van der Waals surface area contributed by atoms with Gasteiger partial charge in [0.25, 0.3) is 5.91 Å². The highest BCUT2D eigenvalue weighted by atomic mass is 32.2. The maximum atomic E-state index is 14.0. The van der Waals surface area contributed by atoms with Gasteiger partial charge in [-0.1, -0.05) is 60.3 Å². The molecule has 0 radical (unpaired) electrons. The normalized spacial score (nSPS) is 18.4. The molecule has 2 heterocycles. The number of carbonyl (C=O) groups excluding carboxylic acids is 1. The fourth-order valence-electron chi connectivity index (χ4n) is 4.42. The van der Waals surface area contributed by atoms with E-state index in [2.05, 4.69) is 15.3 Å². The number of ether oxygens (including phenoxy) is 2. The molecule has 0 unspecified atom stereocenters. The van der Waals surface area contributed by atoms with Crippen molar-refractivity contribution in [2.24, 2.45) is 0 Å². The number of halogens is 5. The summed E-state index contributed by atoms with van der Waals surface area (Å²) in [5, 5.41) is 12.2. The Morgan fingerprint density at radius 2 is 1.42 bits per heavy atom. The molecule has 13 heteroatoms. The van der Waals surface area contributed by atoms with Gasteiger partial charge >= 0.3 is 0 Å². The molecule has 0 aliphatic carbocycles. The van der Waals surface area contributed by atoms with Crippen molar-refractivity contribution in [3.05, 3.63) is 124 Å². The van der Waals surface area contributed by atoms with Crippen LogP contribution < -0.4 is 5.32 Å². The van der Waals surface area contributed by atoms with Crippen LogP contribution in [0.15, 0.2) is 72.1 Å². The second-order valence-electron chi connectivity index (χ2n) is 9.56. The zero-order valence-electron chi connectivity index (χ0n) is 22.3. The third-order valence-electron chi connectivity index (χ3n) is 6.70. The highest BCUT2D eigenvalue weighted by molar-refractivity contribution is 7.99. The molecule has 1 aromatic heterocycles. The summed E-state index contributed by atoms with van der Waals surface area (Å²) in [6.45, 7) is -0.330. The van der Waals surface area contributed by atoms with Crippen LogP contribution >= 0.6 is 11.8 Å². The first kappa shape index (κ1) is 30.5. The number of aliphatic hydroxyl groups is 1. The van der Waals surface area contributed by atoms with Crippen molar-refractivity contribution in [2.75, 3.05) is 5.75 Å². The molecule has 0 spiro atoms. The van der Waals surface area contributed by atoms with Gasteiger partial charge in [-0.2, -0.15) is 0 Å². The monoisotopic (exact) mass is 617 g/mol. The fourth-order valence-corrected chi connectivity index (χ4v) is 5.24. The maximum Gasteiger partial charge on any atom is 0.257 e. The van der Waals surface area contributed by atoms with Gasteiger partial charge in [0, 0.05) is 36.7 Å². The van der Waals surface area contributed by atoms with Crippen molar-refractivity contribution in [3.8, 4) is 0 Å². The summed E-state index contributed by atoms with van der Waals surface area (Å²) in [6.07, 6.45) is 2.53. The van der Waals surface area contributed by atoms with Crippen LogP contribution in [0.25, 0.3) is 0 Å². The SMILES string of the molecule is O=C(NCc1ccc([C@@H]2O[C@H](CSc3ncccn3)C[C@H](c3ccc(CO)cc3)O2)cc1)c1c(F)c(F)c(F)c(F)c1F. The van der Waals surface area contributed by atoms with E-state index in [0.717, 1.165) is 11.1 Å². The summed E-state index contributed by atoms with van der Waals surface area (Å²) in [4.78, 5) is 20.8. The molecule has 0 bridgehead atoms. The van der Waals surface area contributed by atoms with Crippen LogP contribution in [0, 0.1) is 29.1 Å². The minimum atomic E-state index is -2.34. The molecular formula is C30H24F5N3O4S. The van der Waals surface area contributed by atoms with Crippen molar-refractivity contribution >= 4 is 17.7 Å². The van der Waals surface area contributed by atoms with Crippen LogP contribution in [0.2, 0.25) is 0 Å². The van der Waals surface area contributed by atoms with Crippen molar-refractivity contribution in [2.45, 2.75) is 43.2 Å². The van der Waals surface area contributed by atoms with E-state index in [1.807, 2.05) is 24.3 Å². The van der Waals surface area contributed by atoms with Gasteiger partial charge in [-0.25, -0.2) is 31.9 Å². The predicted octanol–water partition coefficient (Wildman–Crippen LogP) is 5.93. The summed E-state index contributed by atoms with van der Waals surface area (Å²) in [7, 11) is 0. The van der Waals surface area contributed by atoms with Crippen LogP contribution in [0.5, 0.6) is 0 Å². The number of thioether (sulfide) groups is 1. The van der Waals surface area contributed by atoms with Crippen LogP contribution in [0.1, 0.15) is 51.4 Å². The number of carbonyl (C=O) groups is 1. The summed E-state index contributed by atoms with van der Waals surface area (Å²) in [6, 6.07) is 15.7. The maximum absolute atomic E-state index is 14.0. The number of rotatable bonds is 9. The van der Waals surface area contributed by atoms with Gasteiger partial charge in [0.15, 0.2) is 34.7 Å². The molecule has 1 aliphatic heterocycles. The fraction of sp³-hybridized carbons (Fsp3) is 0.233. The first-order valence-electron chi connectivity index (χ1n) is 13.0. The largest absolute Gasteiger partial charge is 0.392 e. The average molecular weight is 618 g/mol. The first-order valence-corrected chi connectivity index (χ1v) is 14.0. The van der Waals surface area contributed by atoms with Gasteiger partial charge in [-0.05, 0) is 22.8 Å². The molecule has 3 aromatic carbocycles. The number of hydrogen-bond donors (Lipinski definition) is 2. The number of amides is 1.